The molecule has 3 rings (SSSR count). The number of nitrogens with one attached hydrogen (secondary N) is 1. The van der Waals surface area contributed by atoms with Gasteiger partial charge in [0.05, 0.1) is 6.20 Å². The molecule has 2 aromatic rings. The fourth-order valence-corrected chi connectivity index (χ4v) is 2.80. The topological polar surface area (TPSA) is 29.9 Å². The van der Waals surface area contributed by atoms with Crippen LogP contribution in [0.1, 0.15) is 42.4 Å². The Morgan fingerprint density at radius 3 is 2.90 bits per heavy atom. The van der Waals surface area contributed by atoms with E-state index in [1.165, 1.54) is 29.5 Å². The van der Waals surface area contributed by atoms with Gasteiger partial charge in [-0.3, -0.25) is 4.68 Å². The van der Waals surface area contributed by atoms with E-state index in [0.29, 0.717) is 5.92 Å². The molecule has 1 atom stereocenters. The van der Waals surface area contributed by atoms with Gasteiger partial charge in [-0.2, -0.15) is 5.10 Å². The zero-order valence-electron chi connectivity index (χ0n) is 13.0. The smallest absolute Gasteiger partial charge is 0.0521 e. The van der Waals surface area contributed by atoms with Gasteiger partial charge in [-0.25, -0.2) is 0 Å². The van der Waals surface area contributed by atoms with Crippen molar-refractivity contribution in [3.05, 3.63) is 53.3 Å². The van der Waals surface area contributed by atoms with Crippen molar-refractivity contribution in [3.8, 4) is 0 Å². The Balaban J connectivity index is 1.73. The Bertz CT molecular complexity index is 584. The summed E-state index contributed by atoms with van der Waals surface area (Å²) < 4.78 is 2.01. The Hall–Kier alpha value is -1.61. The molecule has 0 aliphatic heterocycles. The molecule has 0 amide bonds. The highest BCUT2D eigenvalue weighted by Gasteiger charge is 2.23. The molecule has 1 saturated carbocycles. The van der Waals surface area contributed by atoms with Crippen LogP contribution in [-0.2, 0) is 13.0 Å². The first-order chi connectivity index (χ1) is 10.2. The third-order valence-corrected chi connectivity index (χ3v) is 4.24. The molecule has 112 valence electrons. The van der Waals surface area contributed by atoms with E-state index in [1.807, 2.05) is 10.9 Å². The van der Waals surface area contributed by atoms with Gasteiger partial charge < -0.3 is 5.32 Å². The molecule has 0 saturated heterocycles. The first-order valence-corrected chi connectivity index (χ1v) is 8.06. The van der Waals surface area contributed by atoms with Crippen molar-refractivity contribution in [2.75, 3.05) is 6.54 Å². The van der Waals surface area contributed by atoms with Crippen LogP contribution in [-0.4, -0.2) is 22.4 Å². The predicted octanol–water partition coefficient (Wildman–Crippen LogP) is 3.29. The first-order valence-electron chi connectivity index (χ1n) is 8.06. The van der Waals surface area contributed by atoms with Gasteiger partial charge in [0.25, 0.3) is 0 Å². The molecule has 3 nitrogen and oxygen atoms in total. The number of hydrogen-bond acceptors (Lipinski definition) is 2. The van der Waals surface area contributed by atoms with Gasteiger partial charge in [0.1, 0.15) is 0 Å². The third kappa shape index (κ3) is 3.94. The normalized spacial score (nSPS) is 16.1. The molecular weight excluding hydrogens is 258 g/mol. The summed E-state index contributed by atoms with van der Waals surface area (Å²) in [6.45, 7) is 6.30. The monoisotopic (exact) mass is 283 g/mol. The van der Waals surface area contributed by atoms with Gasteiger partial charge in [0.2, 0.25) is 0 Å². The number of rotatable bonds is 7. The van der Waals surface area contributed by atoms with Crippen molar-refractivity contribution in [1.82, 2.24) is 15.1 Å². The lowest BCUT2D eigenvalue weighted by molar-refractivity contribution is 0.576. The van der Waals surface area contributed by atoms with E-state index < -0.39 is 0 Å². The third-order valence-electron chi connectivity index (χ3n) is 4.24. The predicted molar refractivity (Wildman–Crippen MR) is 86.5 cm³/mol. The molecule has 1 aromatic carbocycles. The molecule has 1 heterocycles. The van der Waals surface area contributed by atoms with E-state index in [0.717, 1.165) is 25.6 Å². The largest absolute Gasteiger partial charge is 0.313 e. The molecule has 3 heteroatoms. The maximum Gasteiger partial charge on any atom is 0.0521 e. The van der Waals surface area contributed by atoms with Gasteiger partial charge in [-0.15, -0.1) is 0 Å². The highest BCUT2D eigenvalue weighted by Crippen LogP contribution is 2.24. The summed E-state index contributed by atoms with van der Waals surface area (Å²) >= 11 is 0. The molecular formula is C18H25N3. The standard InChI is InChI=1S/C18H25N3/c1-3-21-13-15(11-20-21)10-17(12-19-18-7-8-18)16-6-4-5-14(2)9-16/h4-6,9,11,13,17-19H,3,7-8,10,12H2,1-2H3. The molecule has 1 aliphatic rings. The lowest BCUT2D eigenvalue weighted by Gasteiger charge is -2.18. The van der Waals surface area contributed by atoms with E-state index >= 15 is 0 Å². The number of aryl methyl sites for hydroxylation is 2. The van der Waals surface area contributed by atoms with Crippen LogP contribution in [0, 0.1) is 6.92 Å². The van der Waals surface area contributed by atoms with Crippen LogP contribution >= 0.6 is 0 Å². The quantitative estimate of drug-likeness (QED) is 0.845. The molecule has 0 spiro atoms. The van der Waals surface area contributed by atoms with Crippen LogP contribution in [0.15, 0.2) is 36.7 Å². The number of nitrogens with zero attached hydrogens (tertiary/aromatic N) is 2. The highest BCUT2D eigenvalue weighted by atomic mass is 15.3. The van der Waals surface area contributed by atoms with Gasteiger partial charge >= 0.3 is 0 Å². The average Bonchev–Trinajstić information content (AvgIpc) is 3.21. The van der Waals surface area contributed by atoms with Gasteiger partial charge in [0.15, 0.2) is 0 Å². The molecule has 0 bridgehead atoms. The second-order valence-electron chi connectivity index (χ2n) is 6.20. The Morgan fingerprint density at radius 2 is 2.24 bits per heavy atom. The Labute approximate surface area is 127 Å². The van der Waals surface area contributed by atoms with Crippen LogP contribution in [0.2, 0.25) is 0 Å². The van der Waals surface area contributed by atoms with E-state index in [2.05, 4.69) is 54.7 Å². The average molecular weight is 283 g/mol. The van der Waals surface area contributed by atoms with Crippen LogP contribution in [0.5, 0.6) is 0 Å². The molecule has 1 aromatic heterocycles. The zero-order chi connectivity index (χ0) is 14.7. The molecule has 1 unspecified atom stereocenters. The van der Waals surface area contributed by atoms with Crippen molar-refractivity contribution in [2.24, 2.45) is 0 Å². The fourth-order valence-electron chi connectivity index (χ4n) is 2.80. The number of benzene rings is 1. The zero-order valence-corrected chi connectivity index (χ0v) is 13.0. The van der Waals surface area contributed by atoms with Crippen LogP contribution < -0.4 is 5.32 Å². The molecule has 1 N–H and O–H groups in total. The summed E-state index contributed by atoms with van der Waals surface area (Å²) in [6.07, 6.45) is 7.94. The van der Waals surface area contributed by atoms with Crippen LogP contribution in [0.25, 0.3) is 0 Å². The summed E-state index contributed by atoms with van der Waals surface area (Å²) in [5.74, 6) is 0.528. The van der Waals surface area contributed by atoms with E-state index in [9.17, 15) is 0 Å². The first kappa shape index (κ1) is 14.3. The van der Waals surface area contributed by atoms with Crippen LogP contribution in [0.4, 0.5) is 0 Å². The van der Waals surface area contributed by atoms with E-state index in [4.69, 9.17) is 0 Å². The number of hydrogen-bond donors (Lipinski definition) is 1. The Kier molecular flexibility index (Phi) is 4.39. The summed E-state index contributed by atoms with van der Waals surface area (Å²) in [4.78, 5) is 0. The minimum absolute atomic E-state index is 0.528. The van der Waals surface area contributed by atoms with Gasteiger partial charge in [-0.1, -0.05) is 29.8 Å². The summed E-state index contributed by atoms with van der Waals surface area (Å²) in [6, 6.07) is 9.68. The Morgan fingerprint density at radius 1 is 1.38 bits per heavy atom. The lowest BCUT2D eigenvalue weighted by Crippen LogP contribution is -2.24. The molecule has 1 fully saturated rings. The summed E-state index contributed by atoms with van der Waals surface area (Å²) in [7, 11) is 0. The van der Waals surface area contributed by atoms with Crippen molar-refractivity contribution in [1.29, 1.82) is 0 Å². The van der Waals surface area contributed by atoms with Crippen LogP contribution in [0.3, 0.4) is 0 Å². The summed E-state index contributed by atoms with van der Waals surface area (Å²) in [5, 5.41) is 8.09. The van der Waals surface area contributed by atoms with Gasteiger partial charge in [-0.05, 0) is 44.2 Å². The molecule has 0 radical (unpaired) electrons. The maximum atomic E-state index is 4.40. The van der Waals surface area contributed by atoms with Crippen molar-refractivity contribution >= 4 is 0 Å². The lowest BCUT2D eigenvalue weighted by atomic mass is 9.92. The van der Waals surface area contributed by atoms with Crippen molar-refractivity contribution < 1.29 is 0 Å². The minimum atomic E-state index is 0.528. The van der Waals surface area contributed by atoms with Crippen molar-refractivity contribution in [2.45, 2.75) is 51.6 Å². The molecule has 1 aliphatic carbocycles. The fraction of sp³-hybridized carbons (Fsp3) is 0.500. The van der Waals surface area contributed by atoms with Gasteiger partial charge in [0, 0.05) is 31.2 Å². The summed E-state index contributed by atoms with van der Waals surface area (Å²) in [5.41, 5.74) is 4.11. The number of aromatic nitrogens is 2. The van der Waals surface area contributed by atoms with E-state index in [-0.39, 0.29) is 0 Å². The molecule has 21 heavy (non-hydrogen) atoms. The maximum absolute atomic E-state index is 4.40. The second kappa shape index (κ2) is 6.44. The highest BCUT2D eigenvalue weighted by molar-refractivity contribution is 5.27. The minimum Gasteiger partial charge on any atom is -0.313 e. The van der Waals surface area contributed by atoms with E-state index in [1.54, 1.807) is 0 Å². The second-order valence-corrected chi connectivity index (χ2v) is 6.20. The van der Waals surface area contributed by atoms with Crippen molar-refractivity contribution in [3.63, 3.8) is 0 Å². The SMILES string of the molecule is CCn1cc(CC(CNC2CC2)c2cccc(C)c2)cn1.